The average molecular weight is 197 g/mol. The summed E-state index contributed by atoms with van der Waals surface area (Å²) >= 11 is 0. The third-order valence-corrected chi connectivity index (χ3v) is 2.82. The quantitative estimate of drug-likeness (QED) is 0.729. The minimum Gasteiger partial charge on any atom is -0.312 e. The monoisotopic (exact) mass is 197 g/mol. The maximum absolute atomic E-state index is 12.7. The second kappa shape index (κ2) is 3.65. The molecule has 0 fully saturated rings. The Hall–Kier alpha value is -0.960. The van der Waals surface area contributed by atoms with Crippen molar-refractivity contribution in [3.8, 4) is 0 Å². The van der Waals surface area contributed by atoms with Crippen LogP contribution in [-0.4, -0.2) is 13.0 Å². The van der Waals surface area contributed by atoms with E-state index in [9.17, 15) is 8.78 Å². The van der Waals surface area contributed by atoms with Crippen molar-refractivity contribution in [1.82, 2.24) is 5.32 Å². The molecular weight excluding hydrogens is 184 g/mol. The molecule has 0 saturated carbocycles. The van der Waals surface area contributed by atoms with E-state index in [1.54, 1.807) is 0 Å². The summed E-state index contributed by atoms with van der Waals surface area (Å²) in [5, 5.41) is 3.03. The van der Waals surface area contributed by atoms with Crippen LogP contribution in [0.2, 0.25) is 0 Å². The lowest BCUT2D eigenvalue weighted by atomic mass is 9.89. The predicted octanol–water partition coefficient (Wildman–Crippen LogP) is 2.45. The molecule has 14 heavy (non-hydrogen) atoms. The van der Waals surface area contributed by atoms with Crippen molar-refractivity contribution in [2.75, 3.05) is 6.54 Å². The summed E-state index contributed by atoms with van der Waals surface area (Å²) < 4.78 is 25.4. The number of fused-ring (bicyclic) bond motifs is 1. The first-order valence-electron chi connectivity index (χ1n) is 4.77. The number of benzene rings is 1. The Bertz CT molecular complexity index is 336. The highest BCUT2D eigenvalue weighted by Gasteiger charge is 2.27. The Balaban J connectivity index is 2.44. The van der Waals surface area contributed by atoms with Gasteiger partial charge in [0.15, 0.2) is 0 Å². The Labute approximate surface area is 82.1 Å². The van der Waals surface area contributed by atoms with Gasteiger partial charge in [-0.25, -0.2) is 8.78 Å². The van der Waals surface area contributed by atoms with Gasteiger partial charge in [-0.05, 0) is 23.6 Å². The zero-order valence-electron chi connectivity index (χ0n) is 8.06. The summed E-state index contributed by atoms with van der Waals surface area (Å²) in [7, 11) is 0. The Kier molecular flexibility index (Phi) is 2.50. The molecule has 1 aromatic carbocycles. The molecular formula is C11H13F2N. The Morgan fingerprint density at radius 1 is 1.43 bits per heavy atom. The number of halogens is 2. The summed E-state index contributed by atoms with van der Waals surface area (Å²) in [5.41, 5.74) is 2.96. The molecule has 0 saturated heterocycles. The van der Waals surface area contributed by atoms with Gasteiger partial charge in [0.2, 0.25) is 6.43 Å². The maximum atomic E-state index is 12.7. The second-order valence-corrected chi connectivity index (χ2v) is 3.71. The van der Waals surface area contributed by atoms with E-state index < -0.39 is 12.3 Å². The van der Waals surface area contributed by atoms with Crippen molar-refractivity contribution in [2.24, 2.45) is 0 Å². The molecule has 0 radical (unpaired) electrons. The Morgan fingerprint density at radius 2 is 2.21 bits per heavy atom. The molecule has 1 heterocycles. The molecule has 76 valence electrons. The van der Waals surface area contributed by atoms with Crippen molar-refractivity contribution in [3.63, 3.8) is 0 Å². The number of aryl methyl sites for hydroxylation is 1. The lowest BCUT2D eigenvalue weighted by Crippen LogP contribution is -2.32. The van der Waals surface area contributed by atoms with Crippen LogP contribution in [0.1, 0.15) is 22.6 Å². The summed E-state index contributed by atoms with van der Waals surface area (Å²) in [5.74, 6) is -0.640. The van der Waals surface area contributed by atoms with Crippen molar-refractivity contribution in [1.29, 1.82) is 0 Å². The standard InChI is InChI=1S/C11H13F2N/c1-7-3-2-4-8-9(7)5-14-6-10(8)11(12)13/h2-4,10-11,14H,5-6H2,1H3/t10-/m0/s1. The van der Waals surface area contributed by atoms with Crippen molar-refractivity contribution in [3.05, 3.63) is 34.9 Å². The van der Waals surface area contributed by atoms with E-state index in [0.717, 1.165) is 16.7 Å². The first-order chi connectivity index (χ1) is 6.70. The van der Waals surface area contributed by atoms with Crippen LogP contribution in [0, 0.1) is 6.92 Å². The molecule has 0 aliphatic carbocycles. The average Bonchev–Trinajstić information content (AvgIpc) is 2.17. The molecule has 1 aliphatic heterocycles. The van der Waals surface area contributed by atoms with Crippen LogP contribution in [0.4, 0.5) is 8.78 Å². The first kappa shape index (κ1) is 9.59. The number of nitrogens with one attached hydrogen (secondary N) is 1. The van der Waals surface area contributed by atoms with E-state index in [0.29, 0.717) is 13.1 Å². The van der Waals surface area contributed by atoms with Gasteiger partial charge in [-0.1, -0.05) is 18.2 Å². The van der Waals surface area contributed by atoms with E-state index >= 15 is 0 Å². The van der Waals surface area contributed by atoms with Gasteiger partial charge in [-0.3, -0.25) is 0 Å². The van der Waals surface area contributed by atoms with E-state index in [2.05, 4.69) is 5.32 Å². The number of hydrogen-bond donors (Lipinski definition) is 1. The summed E-state index contributed by atoms with van der Waals surface area (Å²) in [6.07, 6.45) is -2.27. The fraction of sp³-hybridized carbons (Fsp3) is 0.455. The van der Waals surface area contributed by atoms with Crippen LogP contribution in [0.3, 0.4) is 0 Å². The van der Waals surface area contributed by atoms with Crippen LogP contribution in [0.5, 0.6) is 0 Å². The molecule has 0 amide bonds. The third-order valence-electron chi connectivity index (χ3n) is 2.82. The third kappa shape index (κ3) is 1.52. The van der Waals surface area contributed by atoms with Gasteiger partial charge in [0.25, 0.3) is 0 Å². The fourth-order valence-corrected chi connectivity index (χ4v) is 2.00. The van der Waals surface area contributed by atoms with Crippen LogP contribution in [0.25, 0.3) is 0 Å². The minimum absolute atomic E-state index is 0.383. The summed E-state index contributed by atoms with van der Waals surface area (Å²) in [4.78, 5) is 0. The molecule has 1 atom stereocenters. The van der Waals surface area contributed by atoms with Crippen LogP contribution >= 0.6 is 0 Å². The van der Waals surface area contributed by atoms with Gasteiger partial charge in [-0.2, -0.15) is 0 Å². The minimum atomic E-state index is -2.27. The fourth-order valence-electron chi connectivity index (χ4n) is 2.00. The number of rotatable bonds is 1. The highest BCUT2D eigenvalue weighted by molar-refractivity contribution is 5.38. The molecule has 1 aliphatic rings. The highest BCUT2D eigenvalue weighted by atomic mass is 19.3. The molecule has 1 nitrogen and oxygen atoms in total. The van der Waals surface area contributed by atoms with Gasteiger partial charge in [0.05, 0.1) is 5.92 Å². The lowest BCUT2D eigenvalue weighted by molar-refractivity contribution is 0.109. The summed E-state index contributed by atoms with van der Waals surface area (Å²) in [6.45, 7) is 3.06. The number of alkyl halides is 2. The normalized spacial score (nSPS) is 21.0. The van der Waals surface area contributed by atoms with Gasteiger partial charge in [0.1, 0.15) is 0 Å². The van der Waals surface area contributed by atoms with Crippen LogP contribution in [0.15, 0.2) is 18.2 Å². The van der Waals surface area contributed by atoms with Gasteiger partial charge in [0, 0.05) is 13.1 Å². The molecule has 2 rings (SSSR count). The Morgan fingerprint density at radius 3 is 2.93 bits per heavy atom. The van der Waals surface area contributed by atoms with Crippen LogP contribution in [-0.2, 0) is 6.54 Å². The molecule has 1 aromatic rings. The van der Waals surface area contributed by atoms with E-state index in [4.69, 9.17) is 0 Å². The molecule has 0 spiro atoms. The topological polar surface area (TPSA) is 12.0 Å². The zero-order chi connectivity index (χ0) is 10.1. The predicted molar refractivity (Wildman–Crippen MR) is 51.6 cm³/mol. The molecule has 0 aromatic heterocycles. The lowest BCUT2D eigenvalue weighted by Gasteiger charge is -2.26. The zero-order valence-corrected chi connectivity index (χ0v) is 8.06. The van der Waals surface area contributed by atoms with E-state index in [1.807, 2.05) is 25.1 Å². The molecule has 0 unspecified atom stereocenters. The molecule has 1 N–H and O–H groups in total. The van der Waals surface area contributed by atoms with Crippen molar-refractivity contribution < 1.29 is 8.78 Å². The van der Waals surface area contributed by atoms with Crippen LogP contribution < -0.4 is 5.32 Å². The number of hydrogen-bond acceptors (Lipinski definition) is 1. The largest absolute Gasteiger partial charge is 0.312 e. The van der Waals surface area contributed by atoms with Crippen molar-refractivity contribution >= 4 is 0 Å². The molecule has 0 bridgehead atoms. The highest BCUT2D eigenvalue weighted by Crippen LogP contribution is 2.30. The maximum Gasteiger partial charge on any atom is 0.246 e. The summed E-state index contributed by atoms with van der Waals surface area (Å²) in [6, 6.07) is 5.64. The second-order valence-electron chi connectivity index (χ2n) is 3.71. The van der Waals surface area contributed by atoms with E-state index in [1.165, 1.54) is 0 Å². The van der Waals surface area contributed by atoms with Gasteiger partial charge < -0.3 is 5.32 Å². The van der Waals surface area contributed by atoms with Crippen molar-refractivity contribution in [2.45, 2.75) is 25.8 Å². The van der Waals surface area contributed by atoms with E-state index in [-0.39, 0.29) is 0 Å². The first-order valence-corrected chi connectivity index (χ1v) is 4.77. The van der Waals surface area contributed by atoms with Gasteiger partial charge >= 0.3 is 0 Å². The SMILES string of the molecule is Cc1cccc2c1CNC[C@@H]2C(F)F. The smallest absolute Gasteiger partial charge is 0.246 e. The molecule has 3 heteroatoms. The van der Waals surface area contributed by atoms with Gasteiger partial charge in [-0.15, -0.1) is 0 Å².